The van der Waals surface area contributed by atoms with Gasteiger partial charge in [-0.3, -0.25) is 4.68 Å². The predicted molar refractivity (Wildman–Crippen MR) is 67.0 cm³/mol. The summed E-state index contributed by atoms with van der Waals surface area (Å²) in [4.78, 5) is 0. The van der Waals surface area contributed by atoms with Crippen molar-refractivity contribution in [3.05, 3.63) is 47.0 Å². The Labute approximate surface area is 105 Å². The van der Waals surface area contributed by atoms with Gasteiger partial charge >= 0.3 is 7.12 Å². The van der Waals surface area contributed by atoms with Crippen molar-refractivity contribution >= 4 is 12.6 Å². The molecule has 1 aromatic heterocycles. The third-order valence-electron chi connectivity index (χ3n) is 2.77. The van der Waals surface area contributed by atoms with Crippen LogP contribution in [0.1, 0.15) is 17.0 Å². The van der Waals surface area contributed by atoms with E-state index in [9.17, 15) is 4.39 Å². The van der Waals surface area contributed by atoms with E-state index in [-0.39, 0.29) is 5.46 Å². The zero-order valence-electron chi connectivity index (χ0n) is 10.3. The average molecular weight is 248 g/mol. The predicted octanol–water partition coefficient (Wildman–Crippen LogP) is 0.367. The third-order valence-corrected chi connectivity index (χ3v) is 2.77. The first kappa shape index (κ1) is 12.8. The van der Waals surface area contributed by atoms with Crippen LogP contribution in [0.5, 0.6) is 0 Å². The lowest BCUT2D eigenvalue weighted by molar-refractivity contribution is 0.423. The van der Waals surface area contributed by atoms with Crippen molar-refractivity contribution in [2.45, 2.75) is 20.4 Å². The second-order valence-corrected chi connectivity index (χ2v) is 4.31. The van der Waals surface area contributed by atoms with Crippen molar-refractivity contribution in [3.8, 4) is 0 Å². The van der Waals surface area contributed by atoms with E-state index in [1.807, 2.05) is 19.9 Å². The Bertz CT molecular complexity index is 569. The number of halogens is 1. The summed E-state index contributed by atoms with van der Waals surface area (Å²) >= 11 is 0. The molecule has 2 rings (SSSR count). The summed E-state index contributed by atoms with van der Waals surface area (Å²) in [5.74, 6) is -0.623. The highest BCUT2D eigenvalue weighted by molar-refractivity contribution is 6.58. The molecule has 0 amide bonds. The van der Waals surface area contributed by atoms with Gasteiger partial charge in [0.05, 0.1) is 12.2 Å². The lowest BCUT2D eigenvalue weighted by Gasteiger charge is -2.08. The van der Waals surface area contributed by atoms with Gasteiger partial charge in [0.15, 0.2) is 0 Å². The largest absolute Gasteiger partial charge is 0.491 e. The van der Waals surface area contributed by atoms with E-state index < -0.39 is 12.9 Å². The monoisotopic (exact) mass is 248 g/mol. The summed E-state index contributed by atoms with van der Waals surface area (Å²) in [6, 6.07) is 6.23. The maximum atomic E-state index is 13.3. The number of hydrogen-bond acceptors (Lipinski definition) is 3. The fourth-order valence-electron chi connectivity index (χ4n) is 1.90. The van der Waals surface area contributed by atoms with Gasteiger partial charge in [0.25, 0.3) is 0 Å². The average Bonchev–Trinajstić information content (AvgIpc) is 2.60. The molecule has 0 atom stereocenters. The zero-order valence-corrected chi connectivity index (χ0v) is 10.3. The van der Waals surface area contributed by atoms with Crippen LogP contribution in [-0.4, -0.2) is 26.9 Å². The van der Waals surface area contributed by atoms with Crippen molar-refractivity contribution in [1.82, 2.24) is 9.78 Å². The summed E-state index contributed by atoms with van der Waals surface area (Å²) in [6.45, 7) is 4.31. The van der Waals surface area contributed by atoms with Crippen LogP contribution in [0.2, 0.25) is 0 Å². The van der Waals surface area contributed by atoms with Crippen LogP contribution in [0.25, 0.3) is 0 Å². The molecule has 1 heterocycles. The molecule has 0 bridgehead atoms. The Kier molecular flexibility index (Phi) is 3.49. The topological polar surface area (TPSA) is 58.3 Å². The highest BCUT2D eigenvalue weighted by Gasteiger charge is 2.17. The molecule has 0 aliphatic rings. The normalized spacial score (nSPS) is 10.7. The molecule has 94 valence electrons. The number of rotatable bonds is 3. The summed E-state index contributed by atoms with van der Waals surface area (Å²) in [6.07, 6.45) is 0. The molecule has 6 heteroatoms. The van der Waals surface area contributed by atoms with Crippen molar-refractivity contribution < 1.29 is 14.4 Å². The smallest absolute Gasteiger partial charge is 0.423 e. The highest BCUT2D eigenvalue weighted by atomic mass is 19.1. The number of aryl methyl sites for hydroxylation is 2. The summed E-state index contributed by atoms with van der Waals surface area (Å²) in [7, 11) is -1.80. The molecule has 2 N–H and O–H groups in total. The van der Waals surface area contributed by atoms with Gasteiger partial charge in [-0.1, -0.05) is 12.1 Å². The SMILES string of the molecule is Cc1cc(C)n(Cc2ccc(F)c(B(O)O)c2)n1. The zero-order chi connectivity index (χ0) is 13.3. The summed E-state index contributed by atoms with van der Waals surface area (Å²) in [5.41, 5.74) is 2.57. The number of hydrogen-bond donors (Lipinski definition) is 2. The Morgan fingerprint density at radius 1 is 1.28 bits per heavy atom. The Morgan fingerprint density at radius 2 is 2.00 bits per heavy atom. The molecule has 0 spiro atoms. The first-order chi connectivity index (χ1) is 8.47. The minimum Gasteiger partial charge on any atom is -0.423 e. The Balaban J connectivity index is 2.30. The van der Waals surface area contributed by atoms with Gasteiger partial charge in [-0.2, -0.15) is 5.10 Å². The molecule has 18 heavy (non-hydrogen) atoms. The van der Waals surface area contributed by atoms with Gasteiger partial charge in [0.1, 0.15) is 5.82 Å². The number of nitrogens with zero attached hydrogens (tertiary/aromatic N) is 2. The quantitative estimate of drug-likeness (QED) is 0.771. The first-order valence-electron chi connectivity index (χ1n) is 5.63. The van der Waals surface area contributed by atoms with E-state index in [4.69, 9.17) is 10.0 Å². The van der Waals surface area contributed by atoms with E-state index in [2.05, 4.69) is 5.10 Å². The molecule has 2 aromatic rings. The standard InChI is InChI=1S/C12H14BFN2O2/c1-8-5-9(2)16(15-8)7-10-3-4-12(14)11(6-10)13(17)18/h3-6,17-18H,7H2,1-2H3. The molecule has 0 fully saturated rings. The summed E-state index contributed by atoms with van der Waals surface area (Å²) < 4.78 is 15.1. The third kappa shape index (κ3) is 2.60. The highest BCUT2D eigenvalue weighted by Crippen LogP contribution is 2.07. The second kappa shape index (κ2) is 4.92. The molecular formula is C12H14BFN2O2. The first-order valence-corrected chi connectivity index (χ1v) is 5.63. The maximum absolute atomic E-state index is 13.3. The lowest BCUT2D eigenvalue weighted by Crippen LogP contribution is -2.33. The van der Waals surface area contributed by atoms with Gasteiger partial charge in [-0.25, -0.2) is 4.39 Å². The molecule has 0 unspecified atom stereocenters. The van der Waals surface area contributed by atoms with Crippen molar-refractivity contribution in [1.29, 1.82) is 0 Å². The van der Waals surface area contributed by atoms with Gasteiger partial charge in [-0.15, -0.1) is 0 Å². The van der Waals surface area contributed by atoms with Crippen molar-refractivity contribution in [2.75, 3.05) is 0 Å². The van der Waals surface area contributed by atoms with E-state index in [0.717, 1.165) is 17.0 Å². The van der Waals surface area contributed by atoms with Crippen LogP contribution in [0.4, 0.5) is 4.39 Å². The second-order valence-electron chi connectivity index (χ2n) is 4.31. The van der Waals surface area contributed by atoms with E-state index >= 15 is 0 Å². The number of benzene rings is 1. The molecule has 0 saturated heterocycles. The van der Waals surface area contributed by atoms with Crippen LogP contribution >= 0.6 is 0 Å². The summed E-state index contributed by atoms with van der Waals surface area (Å²) in [5, 5.41) is 22.4. The lowest BCUT2D eigenvalue weighted by atomic mass is 9.79. The van der Waals surface area contributed by atoms with Gasteiger partial charge < -0.3 is 10.0 Å². The molecule has 0 aliphatic heterocycles. The molecule has 4 nitrogen and oxygen atoms in total. The van der Waals surface area contributed by atoms with E-state index in [1.165, 1.54) is 12.1 Å². The van der Waals surface area contributed by atoms with Crippen LogP contribution in [-0.2, 0) is 6.54 Å². The van der Waals surface area contributed by atoms with Gasteiger partial charge in [-0.05, 0) is 31.5 Å². The van der Waals surface area contributed by atoms with Crippen LogP contribution < -0.4 is 5.46 Å². The fraction of sp³-hybridized carbons (Fsp3) is 0.250. The van der Waals surface area contributed by atoms with Gasteiger partial charge in [0, 0.05) is 11.2 Å². The minimum absolute atomic E-state index is 0.117. The molecule has 0 saturated carbocycles. The molecule has 0 aliphatic carbocycles. The fourth-order valence-corrected chi connectivity index (χ4v) is 1.90. The van der Waals surface area contributed by atoms with Crippen LogP contribution in [0, 0.1) is 19.7 Å². The Morgan fingerprint density at radius 3 is 2.56 bits per heavy atom. The van der Waals surface area contributed by atoms with Gasteiger partial charge in [0.2, 0.25) is 0 Å². The Hall–Kier alpha value is -1.66. The number of aromatic nitrogens is 2. The minimum atomic E-state index is -1.80. The van der Waals surface area contributed by atoms with Crippen LogP contribution in [0.15, 0.2) is 24.3 Å². The molecule has 1 aromatic carbocycles. The van der Waals surface area contributed by atoms with E-state index in [1.54, 1.807) is 10.7 Å². The molecule has 0 radical (unpaired) electrons. The van der Waals surface area contributed by atoms with Crippen LogP contribution in [0.3, 0.4) is 0 Å². The van der Waals surface area contributed by atoms with Crippen molar-refractivity contribution in [2.24, 2.45) is 0 Å². The maximum Gasteiger partial charge on any atom is 0.491 e. The van der Waals surface area contributed by atoms with Crippen molar-refractivity contribution in [3.63, 3.8) is 0 Å². The molecular weight excluding hydrogens is 234 g/mol. The van der Waals surface area contributed by atoms with E-state index in [0.29, 0.717) is 6.54 Å².